The number of nitrogens with zero attached hydrogens (tertiary/aromatic N) is 3. The van der Waals surface area contributed by atoms with Crippen LogP contribution in [-0.2, 0) is 13.0 Å². The quantitative estimate of drug-likeness (QED) is 0.463. The normalized spacial score (nSPS) is 15.5. The SMILES string of the molecule is CN(C(=O)c1cc(COc2cccc3cccnc23)on1)[C@@H]1CCCc2ccccc21. The highest BCUT2D eigenvalue weighted by Gasteiger charge is 2.28. The van der Waals surface area contributed by atoms with Gasteiger partial charge in [-0.25, -0.2) is 0 Å². The molecule has 6 heteroatoms. The smallest absolute Gasteiger partial charge is 0.276 e. The Bertz CT molecular complexity index is 1230. The van der Waals surface area contributed by atoms with E-state index in [0.29, 0.717) is 17.2 Å². The number of fused-ring (bicyclic) bond motifs is 2. The van der Waals surface area contributed by atoms with Crippen LogP contribution in [0.2, 0.25) is 0 Å². The number of hydrogen-bond acceptors (Lipinski definition) is 5. The monoisotopic (exact) mass is 413 g/mol. The first-order valence-electron chi connectivity index (χ1n) is 10.5. The maximum Gasteiger partial charge on any atom is 0.276 e. The van der Waals surface area contributed by atoms with Crippen molar-refractivity contribution in [2.75, 3.05) is 7.05 Å². The minimum atomic E-state index is -0.150. The summed E-state index contributed by atoms with van der Waals surface area (Å²) < 4.78 is 11.3. The van der Waals surface area contributed by atoms with E-state index in [1.54, 1.807) is 17.2 Å². The largest absolute Gasteiger partial charge is 0.483 e. The lowest BCUT2D eigenvalue weighted by atomic mass is 9.87. The molecule has 1 atom stereocenters. The van der Waals surface area contributed by atoms with Crippen molar-refractivity contribution in [2.24, 2.45) is 0 Å². The maximum atomic E-state index is 13.1. The molecule has 1 aliphatic carbocycles. The van der Waals surface area contributed by atoms with E-state index in [1.165, 1.54) is 11.1 Å². The molecule has 4 aromatic rings. The standard InChI is InChI=1S/C25H23N3O3/c1-28(22-12-4-8-17-7-2-3-11-20(17)22)25(29)21-15-19(31-27-21)16-30-23-13-5-9-18-10-6-14-26-24(18)23/h2-3,5-7,9-11,13-15,22H,4,8,12,16H2,1H3/t22-/m1/s1. The molecule has 5 rings (SSSR count). The Kier molecular flexibility index (Phi) is 5.12. The molecule has 0 N–H and O–H groups in total. The fourth-order valence-corrected chi connectivity index (χ4v) is 4.28. The average Bonchev–Trinajstić information content (AvgIpc) is 3.30. The molecule has 0 spiro atoms. The van der Waals surface area contributed by atoms with Crippen LogP contribution in [-0.4, -0.2) is 28.0 Å². The second-order valence-corrected chi connectivity index (χ2v) is 7.82. The van der Waals surface area contributed by atoms with Crippen molar-refractivity contribution >= 4 is 16.8 Å². The van der Waals surface area contributed by atoms with E-state index in [0.717, 1.165) is 30.2 Å². The van der Waals surface area contributed by atoms with E-state index in [2.05, 4.69) is 28.3 Å². The second-order valence-electron chi connectivity index (χ2n) is 7.82. The molecule has 1 amide bonds. The van der Waals surface area contributed by atoms with Crippen LogP contribution in [0.1, 0.15) is 46.3 Å². The van der Waals surface area contributed by atoms with Crippen LogP contribution in [0.25, 0.3) is 10.9 Å². The first kappa shape index (κ1) is 19.3. The van der Waals surface area contributed by atoms with Gasteiger partial charge in [0.25, 0.3) is 5.91 Å². The summed E-state index contributed by atoms with van der Waals surface area (Å²) in [5, 5.41) is 5.00. The van der Waals surface area contributed by atoms with Gasteiger partial charge in [0.1, 0.15) is 17.9 Å². The van der Waals surface area contributed by atoms with E-state index in [9.17, 15) is 4.79 Å². The Labute approximate surface area is 180 Å². The van der Waals surface area contributed by atoms with Gasteiger partial charge in [-0.2, -0.15) is 0 Å². The zero-order valence-electron chi connectivity index (χ0n) is 17.3. The van der Waals surface area contributed by atoms with Gasteiger partial charge in [-0.15, -0.1) is 0 Å². The highest BCUT2D eigenvalue weighted by atomic mass is 16.5. The first-order valence-corrected chi connectivity index (χ1v) is 10.5. The lowest BCUT2D eigenvalue weighted by Gasteiger charge is -2.32. The predicted octanol–water partition coefficient (Wildman–Crippen LogP) is 4.95. The highest BCUT2D eigenvalue weighted by Crippen LogP contribution is 2.34. The molecule has 0 saturated heterocycles. The number of pyridine rings is 1. The number of benzene rings is 2. The molecule has 0 radical (unpaired) electrons. The number of aryl methyl sites for hydroxylation is 1. The number of carbonyl (C=O) groups excluding carboxylic acids is 1. The molecule has 0 aliphatic heterocycles. The Morgan fingerprint density at radius 3 is 2.97 bits per heavy atom. The number of aromatic nitrogens is 2. The molecule has 0 unspecified atom stereocenters. The molecular formula is C25H23N3O3. The molecule has 0 bridgehead atoms. The topological polar surface area (TPSA) is 68.5 Å². The summed E-state index contributed by atoms with van der Waals surface area (Å²) in [4.78, 5) is 19.2. The van der Waals surface area contributed by atoms with Gasteiger partial charge in [0.2, 0.25) is 0 Å². The Morgan fingerprint density at radius 1 is 1.16 bits per heavy atom. The van der Waals surface area contributed by atoms with Crippen LogP contribution in [0.3, 0.4) is 0 Å². The number of rotatable bonds is 5. The first-order chi connectivity index (χ1) is 15.2. The summed E-state index contributed by atoms with van der Waals surface area (Å²) >= 11 is 0. The fourth-order valence-electron chi connectivity index (χ4n) is 4.28. The zero-order valence-corrected chi connectivity index (χ0v) is 17.3. The predicted molar refractivity (Wildman–Crippen MR) is 117 cm³/mol. The molecule has 2 aromatic heterocycles. The van der Waals surface area contributed by atoms with Gasteiger partial charge in [-0.05, 0) is 42.5 Å². The minimum absolute atomic E-state index is 0.0515. The molecule has 31 heavy (non-hydrogen) atoms. The highest BCUT2D eigenvalue weighted by molar-refractivity contribution is 5.92. The molecule has 2 aromatic carbocycles. The van der Waals surface area contributed by atoms with Crippen molar-refractivity contribution in [1.82, 2.24) is 15.0 Å². The summed E-state index contributed by atoms with van der Waals surface area (Å²) in [6, 6.07) is 19.7. The number of para-hydroxylation sites is 1. The van der Waals surface area contributed by atoms with Crippen LogP contribution in [0.5, 0.6) is 5.75 Å². The third-order valence-electron chi connectivity index (χ3n) is 5.87. The van der Waals surface area contributed by atoms with E-state index >= 15 is 0 Å². The summed E-state index contributed by atoms with van der Waals surface area (Å²) in [5.74, 6) is 1.01. The van der Waals surface area contributed by atoms with E-state index in [4.69, 9.17) is 9.26 Å². The third kappa shape index (κ3) is 3.77. The molecule has 0 fully saturated rings. The number of carbonyl (C=O) groups is 1. The van der Waals surface area contributed by atoms with Crippen LogP contribution in [0, 0.1) is 0 Å². The molecule has 6 nitrogen and oxygen atoms in total. The van der Waals surface area contributed by atoms with Gasteiger partial charge in [0.05, 0.1) is 6.04 Å². The lowest BCUT2D eigenvalue weighted by molar-refractivity contribution is 0.0704. The number of ether oxygens (including phenoxy) is 1. The Hall–Kier alpha value is -3.67. The summed E-state index contributed by atoms with van der Waals surface area (Å²) in [5.41, 5.74) is 3.62. The molecule has 1 aliphatic rings. The average molecular weight is 413 g/mol. The second kappa shape index (κ2) is 8.22. The van der Waals surface area contributed by atoms with Crippen molar-refractivity contribution in [3.63, 3.8) is 0 Å². The van der Waals surface area contributed by atoms with Crippen LogP contribution >= 0.6 is 0 Å². The van der Waals surface area contributed by atoms with Crippen LogP contribution < -0.4 is 4.74 Å². The van der Waals surface area contributed by atoms with Gasteiger partial charge in [-0.1, -0.05) is 47.6 Å². The summed E-state index contributed by atoms with van der Waals surface area (Å²) in [6.45, 7) is 0.173. The maximum absolute atomic E-state index is 13.1. The number of amides is 1. The molecule has 0 saturated carbocycles. The third-order valence-corrected chi connectivity index (χ3v) is 5.87. The lowest BCUT2D eigenvalue weighted by Crippen LogP contribution is -2.33. The van der Waals surface area contributed by atoms with Crippen molar-refractivity contribution in [1.29, 1.82) is 0 Å². The fraction of sp³-hybridized carbons (Fsp3) is 0.240. The van der Waals surface area contributed by atoms with Crippen molar-refractivity contribution in [2.45, 2.75) is 31.9 Å². The summed E-state index contributed by atoms with van der Waals surface area (Å²) in [6.07, 6.45) is 4.81. The van der Waals surface area contributed by atoms with Crippen molar-refractivity contribution in [3.8, 4) is 5.75 Å². The molecule has 156 valence electrons. The van der Waals surface area contributed by atoms with Crippen LogP contribution in [0.15, 0.2) is 71.4 Å². The Morgan fingerprint density at radius 2 is 2.03 bits per heavy atom. The Balaban J connectivity index is 1.30. The number of hydrogen-bond donors (Lipinski definition) is 0. The summed E-state index contributed by atoms with van der Waals surface area (Å²) in [7, 11) is 1.84. The van der Waals surface area contributed by atoms with Gasteiger partial charge < -0.3 is 14.2 Å². The van der Waals surface area contributed by atoms with E-state index in [-0.39, 0.29) is 18.6 Å². The van der Waals surface area contributed by atoms with E-state index < -0.39 is 0 Å². The molecular weight excluding hydrogens is 390 g/mol. The van der Waals surface area contributed by atoms with Gasteiger partial charge >= 0.3 is 0 Å². The van der Waals surface area contributed by atoms with E-state index in [1.807, 2.05) is 43.4 Å². The van der Waals surface area contributed by atoms with Gasteiger partial charge in [0, 0.05) is 24.7 Å². The molecule has 2 heterocycles. The van der Waals surface area contributed by atoms with Gasteiger partial charge in [0.15, 0.2) is 11.5 Å². The van der Waals surface area contributed by atoms with Crippen LogP contribution in [0.4, 0.5) is 0 Å². The zero-order chi connectivity index (χ0) is 21.2. The van der Waals surface area contributed by atoms with Crippen molar-refractivity contribution < 1.29 is 14.1 Å². The van der Waals surface area contributed by atoms with Crippen molar-refractivity contribution in [3.05, 3.63) is 89.4 Å². The van der Waals surface area contributed by atoms with Gasteiger partial charge in [-0.3, -0.25) is 9.78 Å². The minimum Gasteiger partial charge on any atom is -0.483 e.